The Hall–Kier alpha value is -1.59. The van der Waals surface area contributed by atoms with E-state index in [1.165, 1.54) is 18.2 Å². The van der Waals surface area contributed by atoms with Crippen LogP contribution in [0.3, 0.4) is 0 Å². The van der Waals surface area contributed by atoms with Gasteiger partial charge in [0.05, 0.1) is 20.3 Å². The van der Waals surface area contributed by atoms with E-state index < -0.39 is 0 Å². The maximum atomic E-state index is 11.3. The first kappa shape index (κ1) is 15.8. The summed E-state index contributed by atoms with van der Waals surface area (Å²) >= 11 is 0. The van der Waals surface area contributed by atoms with Crippen molar-refractivity contribution in [2.45, 2.75) is 20.0 Å². The fraction of sp³-hybridized carbons (Fsp3) is 0.562. The molecule has 5 heteroatoms. The number of carbonyl (C=O) groups excluding carboxylic acids is 1. The maximum absolute atomic E-state index is 11.3. The first-order chi connectivity index (χ1) is 10.1. The van der Waals surface area contributed by atoms with Gasteiger partial charge in [-0.2, -0.15) is 0 Å². The summed E-state index contributed by atoms with van der Waals surface area (Å²) in [5, 5.41) is 0. The van der Waals surface area contributed by atoms with E-state index in [2.05, 4.69) is 19.9 Å². The minimum absolute atomic E-state index is 0.0239. The topological polar surface area (TPSA) is 48.0 Å². The van der Waals surface area contributed by atoms with Crippen molar-refractivity contribution in [1.82, 2.24) is 4.90 Å². The summed E-state index contributed by atoms with van der Waals surface area (Å²) < 4.78 is 16.2. The van der Waals surface area contributed by atoms with Crippen LogP contribution >= 0.6 is 0 Å². The molecule has 1 fully saturated rings. The number of aryl methyl sites for hydroxylation is 2. The number of esters is 1. The van der Waals surface area contributed by atoms with Crippen molar-refractivity contribution in [3.05, 3.63) is 29.3 Å². The highest BCUT2D eigenvalue weighted by Gasteiger charge is 2.22. The van der Waals surface area contributed by atoms with Gasteiger partial charge in [-0.25, -0.2) is 0 Å². The average molecular weight is 293 g/mol. The minimum Gasteiger partial charge on any atom is -0.491 e. The van der Waals surface area contributed by atoms with Gasteiger partial charge in [0, 0.05) is 13.1 Å². The van der Waals surface area contributed by atoms with E-state index in [-0.39, 0.29) is 12.1 Å². The Bertz CT molecular complexity index is 469. The number of methoxy groups -OCH3 is 1. The van der Waals surface area contributed by atoms with Gasteiger partial charge in [-0.1, -0.05) is 6.07 Å². The first-order valence-corrected chi connectivity index (χ1v) is 7.18. The monoisotopic (exact) mass is 293 g/mol. The van der Waals surface area contributed by atoms with Crippen molar-refractivity contribution < 1.29 is 19.0 Å². The molecule has 0 radical (unpaired) electrons. The normalized spacial score (nSPS) is 19.3. The Morgan fingerprint density at radius 2 is 2.05 bits per heavy atom. The first-order valence-electron chi connectivity index (χ1n) is 7.18. The molecule has 0 spiro atoms. The number of benzene rings is 1. The zero-order valence-electron chi connectivity index (χ0n) is 12.9. The predicted molar refractivity (Wildman–Crippen MR) is 79.6 cm³/mol. The second kappa shape index (κ2) is 7.43. The SMILES string of the molecule is COC(=O)CN1CCO[C@H](COc2cc(C)cc(C)c2)C1. The summed E-state index contributed by atoms with van der Waals surface area (Å²) in [5.74, 6) is 0.645. The van der Waals surface area contributed by atoms with E-state index in [1.54, 1.807) is 0 Å². The molecule has 0 N–H and O–H groups in total. The van der Waals surface area contributed by atoms with Crippen LogP contribution < -0.4 is 4.74 Å². The van der Waals surface area contributed by atoms with Gasteiger partial charge in [-0.3, -0.25) is 9.69 Å². The fourth-order valence-corrected chi connectivity index (χ4v) is 2.48. The number of rotatable bonds is 5. The second-order valence-electron chi connectivity index (χ2n) is 5.44. The number of ether oxygens (including phenoxy) is 3. The van der Waals surface area contributed by atoms with E-state index in [0.717, 1.165) is 12.3 Å². The third-order valence-electron chi connectivity index (χ3n) is 3.43. The lowest BCUT2D eigenvalue weighted by Gasteiger charge is -2.31. The van der Waals surface area contributed by atoms with Crippen molar-refractivity contribution in [1.29, 1.82) is 0 Å². The number of morpholine rings is 1. The molecule has 1 heterocycles. The van der Waals surface area contributed by atoms with Gasteiger partial charge < -0.3 is 14.2 Å². The van der Waals surface area contributed by atoms with E-state index >= 15 is 0 Å². The molecule has 0 bridgehead atoms. The zero-order chi connectivity index (χ0) is 15.2. The molecule has 116 valence electrons. The largest absolute Gasteiger partial charge is 0.491 e. The molecule has 21 heavy (non-hydrogen) atoms. The van der Waals surface area contributed by atoms with E-state index in [9.17, 15) is 4.79 Å². The molecule has 0 aromatic heterocycles. The molecular weight excluding hydrogens is 270 g/mol. The van der Waals surface area contributed by atoms with Crippen LogP contribution in [-0.2, 0) is 14.3 Å². The number of carbonyl (C=O) groups is 1. The Kier molecular flexibility index (Phi) is 5.59. The second-order valence-corrected chi connectivity index (χ2v) is 5.44. The minimum atomic E-state index is -0.217. The average Bonchev–Trinajstić information content (AvgIpc) is 2.44. The molecule has 0 saturated carbocycles. The summed E-state index contributed by atoms with van der Waals surface area (Å²) in [6.45, 7) is 6.93. The summed E-state index contributed by atoms with van der Waals surface area (Å²) in [7, 11) is 1.41. The maximum Gasteiger partial charge on any atom is 0.319 e. The Morgan fingerprint density at radius 3 is 2.71 bits per heavy atom. The molecule has 2 rings (SSSR count). The Labute approximate surface area is 125 Å². The number of hydrogen-bond donors (Lipinski definition) is 0. The van der Waals surface area contributed by atoms with Crippen LogP contribution in [0.5, 0.6) is 5.75 Å². The Morgan fingerprint density at radius 1 is 1.33 bits per heavy atom. The third kappa shape index (κ3) is 5.02. The van der Waals surface area contributed by atoms with E-state index in [0.29, 0.717) is 26.3 Å². The van der Waals surface area contributed by atoms with Crippen LogP contribution in [0.1, 0.15) is 11.1 Å². The molecule has 1 aliphatic rings. The van der Waals surface area contributed by atoms with Gasteiger partial charge in [-0.05, 0) is 37.1 Å². The van der Waals surface area contributed by atoms with Crippen LogP contribution in [0.4, 0.5) is 0 Å². The predicted octanol–water partition coefficient (Wildman–Crippen LogP) is 1.56. The molecule has 5 nitrogen and oxygen atoms in total. The summed E-state index contributed by atoms with van der Waals surface area (Å²) in [6.07, 6.45) is -0.0239. The summed E-state index contributed by atoms with van der Waals surface area (Å²) in [4.78, 5) is 13.3. The van der Waals surface area contributed by atoms with Crippen molar-refractivity contribution in [3.63, 3.8) is 0 Å². The van der Waals surface area contributed by atoms with Gasteiger partial charge in [0.1, 0.15) is 18.5 Å². The number of hydrogen-bond acceptors (Lipinski definition) is 5. The summed E-state index contributed by atoms with van der Waals surface area (Å²) in [6, 6.07) is 6.14. The van der Waals surface area contributed by atoms with Gasteiger partial charge in [-0.15, -0.1) is 0 Å². The third-order valence-corrected chi connectivity index (χ3v) is 3.43. The van der Waals surface area contributed by atoms with Crippen LogP contribution in [0.25, 0.3) is 0 Å². The quantitative estimate of drug-likeness (QED) is 0.771. The highest BCUT2D eigenvalue weighted by molar-refractivity contribution is 5.71. The fourth-order valence-electron chi connectivity index (χ4n) is 2.48. The lowest BCUT2D eigenvalue weighted by atomic mass is 10.1. The highest BCUT2D eigenvalue weighted by atomic mass is 16.5. The summed E-state index contributed by atoms with van der Waals surface area (Å²) in [5.41, 5.74) is 2.36. The Balaban J connectivity index is 1.83. The van der Waals surface area contributed by atoms with Crippen molar-refractivity contribution >= 4 is 5.97 Å². The number of nitrogens with zero attached hydrogens (tertiary/aromatic N) is 1. The lowest BCUT2D eigenvalue weighted by molar-refractivity contribution is -0.144. The molecule has 1 atom stereocenters. The molecule has 1 aromatic carbocycles. The molecule has 0 amide bonds. The van der Waals surface area contributed by atoms with Crippen molar-refractivity contribution in [2.24, 2.45) is 0 Å². The zero-order valence-corrected chi connectivity index (χ0v) is 12.9. The van der Waals surface area contributed by atoms with Crippen molar-refractivity contribution in [2.75, 3.05) is 40.0 Å². The van der Waals surface area contributed by atoms with Gasteiger partial charge in [0.25, 0.3) is 0 Å². The smallest absolute Gasteiger partial charge is 0.319 e. The van der Waals surface area contributed by atoms with Gasteiger partial charge in [0.15, 0.2) is 0 Å². The molecule has 0 unspecified atom stereocenters. The molecule has 1 aliphatic heterocycles. The van der Waals surface area contributed by atoms with E-state index in [4.69, 9.17) is 14.2 Å². The van der Waals surface area contributed by atoms with Crippen LogP contribution in [0, 0.1) is 13.8 Å². The van der Waals surface area contributed by atoms with E-state index in [1.807, 2.05) is 17.0 Å². The lowest BCUT2D eigenvalue weighted by Crippen LogP contribution is -2.46. The molecular formula is C16H23NO4. The van der Waals surface area contributed by atoms with Crippen LogP contribution in [-0.4, -0.2) is 56.9 Å². The van der Waals surface area contributed by atoms with Crippen LogP contribution in [0.15, 0.2) is 18.2 Å². The molecule has 0 aliphatic carbocycles. The molecule has 1 saturated heterocycles. The molecule has 1 aromatic rings. The van der Waals surface area contributed by atoms with Gasteiger partial charge >= 0.3 is 5.97 Å². The standard InChI is InChI=1S/C16H23NO4/c1-12-6-13(2)8-14(7-12)21-11-15-9-17(4-5-20-15)10-16(18)19-3/h6-8,15H,4-5,9-11H2,1-3H3/t15-/m0/s1. The highest BCUT2D eigenvalue weighted by Crippen LogP contribution is 2.17. The van der Waals surface area contributed by atoms with Crippen molar-refractivity contribution in [3.8, 4) is 5.75 Å². The van der Waals surface area contributed by atoms with Crippen LogP contribution in [0.2, 0.25) is 0 Å². The van der Waals surface area contributed by atoms with Gasteiger partial charge in [0.2, 0.25) is 0 Å².